The fourth-order valence-electron chi connectivity index (χ4n) is 2.65. The lowest BCUT2D eigenvalue weighted by Gasteiger charge is -2.20. The number of hydrogen-bond donors (Lipinski definition) is 0. The summed E-state index contributed by atoms with van der Waals surface area (Å²) < 4.78 is 1.10. The van der Waals surface area contributed by atoms with E-state index in [4.69, 9.17) is 0 Å². The van der Waals surface area contributed by atoms with E-state index in [2.05, 4.69) is 31.0 Å². The number of benzene rings is 2. The number of aromatic nitrogens is 1. The quantitative estimate of drug-likeness (QED) is 0.581. The first-order chi connectivity index (χ1) is 11.6. The molecule has 124 valence electrons. The Morgan fingerprint density at radius 3 is 2.46 bits per heavy atom. The molecule has 4 heteroatoms. The van der Waals surface area contributed by atoms with E-state index in [-0.39, 0.29) is 5.91 Å². The number of carbonyl (C=O) groups is 1. The van der Waals surface area contributed by atoms with Crippen molar-refractivity contribution in [3.05, 3.63) is 54.1 Å². The molecule has 24 heavy (non-hydrogen) atoms. The standard InChI is InChI=1S/C20H22N2OS/c1-4-7-19(23)22(16-12-10-15(11-13-16)14(2)3)20-21-17-8-5-6-9-18(17)24-20/h5-6,8-14H,4,7H2,1-3H3. The van der Waals surface area contributed by atoms with Crippen molar-refractivity contribution in [2.24, 2.45) is 0 Å². The highest BCUT2D eigenvalue weighted by molar-refractivity contribution is 7.22. The molecule has 1 aromatic heterocycles. The maximum atomic E-state index is 12.7. The van der Waals surface area contributed by atoms with Crippen LogP contribution < -0.4 is 4.90 Å². The fraction of sp³-hybridized carbons (Fsp3) is 0.300. The van der Waals surface area contributed by atoms with Gasteiger partial charge in [-0.15, -0.1) is 0 Å². The van der Waals surface area contributed by atoms with Gasteiger partial charge in [0.15, 0.2) is 5.13 Å². The van der Waals surface area contributed by atoms with Crippen LogP contribution in [0.1, 0.15) is 45.1 Å². The van der Waals surface area contributed by atoms with Crippen molar-refractivity contribution in [3.8, 4) is 0 Å². The van der Waals surface area contributed by atoms with E-state index in [1.807, 2.05) is 43.3 Å². The normalized spacial score (nSPS) is 11.2. The molecule has 1 heterocycles. The average molecular weight is 338 g/mol. The van der Waals surface area contributed by atoms with Gasteiger partial charge in [-0.25, -0.2) is 4.98 Å². The Kier molecular flexibility index (Phi) is 4.95. The molecule has 1 amide bonds. The molecule has 0 aliphatic rings. The Bertz CT molecular complexity index is 803. The predicted molar refractivity (Wildman–Crippen MR) is 102 cm³/mol. The second kappa shape index (κ2) is 7.14. The molecule has 0 aliphatic heterocycles. The summed E-state index contributed by atoms with van der Waals surface area (Å²) in [6, 6.07) is 16.2. The van der Waals surface area contributed by atoms with Crippen molar-refractivity contribution in [2.75, 3.05) is 4.90 Å². The Hall–Kier alpha value is -2.20. The lowest BCUT2D eigenvalue weighted by atomic mass is 10.0. The minimum absolute atomic E-state index is 0.0915. The summed E-state index contributed by atoms with van der Waals surface area (Å²) in [6.07, 6.45) is 1.34. The zero-order chi connectivity index (χ0) is 17.1. The van der Waals surface area contributed by atoms with Gasteiger partial charge in [0.1, 0.15) is 0 Å². The smallest absolute Gasteiger partial charge is 0.233 e. The van der Waals surface area contributed by atoms with Crippen molar-refractivity contribution in [3.63, 3.8) is 0 Å². The van der Waals surface area contributed by atoms with E-state index in [1.165, 1.54) is 5.56 Å². The molecule has 0 bridgehead atoms. The summed E-state index contributed by atoms with van der Waals surface area (Å²) >= 11 is 1.56. The molecule has 2 aromatic carbocycles. The van der Waals surface area contributed by atoms with Crippen molar-refractivity contribution >= 4 is 38.3 Å². The van der Waals surface area contributed by atoms with Gasteiger partial charge in [-0.3, -0.25) is 9.69 Å². The molecule has 0 atom stereocenters. The first-order valence-corrected chi connectivity index (χ1v) is 9.20. The largest absolute Gasteiger partial charge is 0.274 e. The topological polar surface area (TPSA) is 33.2 Å². The van der Waals surface area contributed by atoms with Gasteiger partial charge in [0.25, 0.3) is 0 Å². The number of thiazole rings is 1. The molecule has 0 aliphatic carbocycles. The molecule has 3 rings (SSSR count). The van der Waals surface area contributed by atoms with Gasteiger partial charge < -0.3 is 0 Å². The third-order valence-electron chi connectivity index (χ3n) is 4.01. The van der Waals surface area contributed by atoms with Crippen LogP contribution in [0.2, 0.25) is 0 Å². The minimum atomic E-state index is 0.0915. The minimum Gasteiger partial charge on any atom is -0.274 e. The summed E-state index contributed by atoms with van der Waals surface area (Å²) in [4.78, 5) is 19.2. The second-order valence-corrected chi connectivity index (χ2v) is 7.20. The zero-order valence-electron chi connectivity index (χ0n) is 14.3. The highest BCUT2D eigenvalue weighted by Gasteiger charge is 2.21. The van der Waals surface area contributed by atoms with Crippen LogP contribution >= 0.6 is 11.3 Å². The van der Waals surface area contributed by atoms with Gasteiger partial charge in [-0.05, 0) is 42.2 Å². The molecular weight excluding hydrogens is 316 g/mol. The van der Waals surface area contributed by atoms with E-state index in [9.17, 15) is 4.79 Å². The number of para-hydroxylation sites is 1. The average Bonchev–Trinajstić information content (AvgIpc) is 2.99. The third kappa shape index (κ3) is 3.34. The van der Waals surface area contributed by atoms with Gasteiger partial charge in [-0.2, -0.15) is 0 Å². The summed E-state index contributed by atoms with van der Waals surface area (Å²) in [5.41, 5.74) is 3.09. The first kappa shape index (κ1) is 16.7. The van der Waals surface area contributed by atoms with Gasteiger partial charge >= 0.3 is 0 Å². The monoisotopic (exact) mass is 338 g/mol. The van der Waals surface area contributed by atoms with Crippen LogP contribution in [0.3, 0.4) is 0 Å². The lowest BCUT2D eigenvalue weighted by Crippen LogP contribution is -2.25. The van der Waals surface area contributed by atoms with E-state index >= 15 is 0 Å². The fourth-order valence-corrected chi connectivity index (χ4v) is 3.65. The Morgan fingerprint density at radius 1 is 1.12 bits per heavy atom. The highest BCUT2D eigenvalue weighted by Crippen LogP contribution is 2.34. The molecule has 0 N–H and O–H groups in total. The highest BCUT2D eigenvalue weighted by atomic mass is 32.1. The number of nitrogens with zero attached hydrogens (tertiary/aromatic N) is 2. The van der Waals surface area contributed by atoms with Crippen LogP contribution in [0, 0.1) is 0 Å². The molecule has 3 nitrogen and oxygen atoms in total. The van der Waals surface area contributed by atoms with Crippen LogP contribution in [-0.4, -0.2) is 10.9 Å². The Morgan fingerprint density at radius 2 is 1.83 bits per heavy atom. The molecular formula is C20H22N2OS. The predicted octanol–water partition coefficient (Wildman–Crippen LogP) is 5.88. The Labute approximate surface area is 147 Å². The van der Waals surface area contributed by atoms with E-state index in [1.54, 1.807) is 16.2 Å². The summed E-state index contributed by atoms with van der Waals surface area (Å²) in [5, 5.41) is 0.743. The Balaban J connectivity index is 2.04. The summed E-state index contributed by atoms with van der Waals surface area (Å²) in [7, 11) is 0. The van der Waals surface area contributed by atoms with Crippen LogP contribution in [0.15, 0.2) is 48.5 Å². The molecule has 0 saturated carbocycles. The lowest BCUT2D eigenvalue weighted by molar-refractivity contribution is -0.117. The maximum absolute atomic E-state index is 12.7. The zero-order valence-corrected chi connectivity index (χ0v) is 15.1. The van der Waals surface area contributed by atoms with Crippen LogP contribution in [0.5, 0.6) is 0 Å². The number of carbonyl (C=O) groups excluding carboxylic acids is 1. The van der Waals surface area contributed by atoms with Gasteiger partial charge in [0.2, 0.25) is 5.91 Å². The molecule has 0 saturated heterocycles. The van der Waals surface area contributed by atoms with Gasteiger partial charge in [0, 0.05) is 6.42 Å². The molecule has 0 radical (unpaired) electrons. The van der Waals surface area contributed by atoms with Crippen molar-refractivity contribution < 1.29 is 4.79 Å². The number of hydrogen-bond acceptors (Lipinski definition) is 3. The van der Waals surface area contributed by atoms with Crippen molar-refractivity contribution in [1.82, 2.24) is 4.98 Å². The van der Waals surface area contributed by atoms with E-state index in [0.29, 0.717) is 12.3 Å². The number of rotatable bonds is 5. The number of fused-ring (bicyclic) bond motifs is 1. The van der Waals surface area contributed by atoms with Crippen molar-refractivity contribution in [1.29, 1.82) is 0 Å². The first-order valence-electron chi connectivity index (χ1n) is 8.38. The second-order valence-electron chi connectivity index (χ2n) is 6.19. The van der Waals surface area contributed by atoms with E-state index < -0.39 is 0 Å². The molecule has 0 unspecified atom stereocenters. The van der Waals surface area contributed by atoms with Crippen LogP contribution in [0.25, 0.3) is 10.2 Å². The molecule has 0 fully saturated rings. The third-order valence-corrected chi connectivity index (χ3v) is 5.03. The number of anilines is 2. The van der Waals surface area contributed by atoms with E-state index in [0.717, 1.165) is 27.5 Å². The SMILES string of the molecule is CCCC(=O)N(c1ccc(C(C)C)cc1)c1nc2ccccc2s1. The van der Waals surface area contributed by atoms with Gasteiger partial charge in [0.05, 0.1) is 15.9 Å². The number of amides is 1. The van der Waals surface area contributed by atoms with Gasteiger partial charge in [-0.1, -0.05) is 56.4 Å². The summed E-state index contributed by atoms with van der Waals surface area (Å²) in [6.45, 7) is 6.36. The molecule has 3 aromatic rings. The summed E-state index contributed by atoms with van der Waals surface area (Å²) in [5.74, 6) is 0.565. The maximum Gasteiger partial charge on any atom is 0.233 e. The van der Waals surface area contributed by atoms with Crippen molar-refractivity contribution in [2.45, 2.75) is 39.5 Å². The van der Waals surface area contributed by atoms with Crippen LogP contribution in [0.4, 0.5) is 10.8 Å². The van der Waals surface area contributed by atoms with Crippen LogP contribution in [-0.2, 0) is 4.79 Å². The molecule has 0 spiro atoms.